The summed E-state index contributed by atoms with van der Waals surface area (Å²) in [5.74, 6) is 0.684. The Balaban J connectivity index is 1.27. The van der Waals surface area contributed by atoms with Crippen molar-refractivity contribution in [2.75, 3.05) is 17.9 Å². The second-order valence-corrected chi connectivity index (χ2v) is 7.53. The van der Waals surface area contributed by atoms with Gasteiger partial charge < -0.3 is 14.8 Å². The van der Waals surface area contributed by atoms with Crippen LogP contribution in [0.25, 0.3) is 0 Å². The Hall–Kier alpha value is -3.12. The van der Waals surface area contributed by atoms with Gasteiger partial charge in [0.1, 0.15) is 0 Å². The normalized spacial score (nSPS) is 12.0. The van der Waals surface area contributed by atoms with Crippen LogP contribution in [0.15, 0.2) is 40.9 Å². The number of nitrogens with one attached hydrogen (secondary N) is 2. The first-order valence-electron chi connectivity index (χ1n) is 8.09. The molecule has 3 aromatic rings. The van der Waals surface area contributed by atoms with E-state index in [1.807, 2.05) is 17.5 Å². The van der Waals surface area contributed by atoms with Crippen LogP contribution >= 0.6 is 23.1 Å². The van der Waals surface area contributed by atoms with Crippen LogP contribution < -0.4 is 20.1 Å². The van der Waals surface area contributed by atoms with Crippen molar-refractivity contribution in [3.63, 3.8) is 0 Å². The molecule has 0 fully saturated rings. The van der Waals surface area contributed by atoms with E-state index < -0.39 is 11.9 Å². The van der Waals surface area contributed by atoms with Crippen LogP contribution in [0.1, 0.15) is 4.88 Å². The van der Waals surface area contributed by atoms with Gasteiger partial charge in [-0.25, -0.2) is 9.48 Å². The van der Waals surface area contributed by atoms with Crippen molar-refractivity contribution in [1.29, 1.82) is 0 Å². The molecule has 1 aliphatic rings. The van der Waals surface area contributed by atoms with Gasteiger partial charge in [-0.3, -0.25) is 10.1 Å². The highest BCUT2D eigenvalue weighted by Crippen LogP contribution is 2.34. The Bertz CT molecular complexity index is 991. The van der Waals surface area contributed by atoms with Crippen LogP contribution in [0.2, 0.25) is 0 Å². The Morgan fingerprint density at radius 2 is 2.14 bits per heavy atom. The zero-order valence-corrected chi connectivity index (χ0v) is 16.0. The lowest BCUT2D eigenvalue weighted by atomic mass is 10.3. The molecule has 2 N–H and O–H groups in total. The molecule has 0 radical (unpaired) electrons. The monoisotopic (exact) mass is 418 g/mol. The quantitative estimate of drug-likeness (QED) is 0.583. The van der Waals surface area contributed by atoms with Crippen molar-refractivity contribution >= 4 is 40.7 Å². The van der Waals surface area contributed by atoms with Crippen molar-refractivity contribution in [3.8, 4) is 11.5 Å². The SMILES string of the molecule is O=C(CSc1nnnn1Cc1cccs1)NC(=O)Nc1ccc2c(c1)OCO2. The lowest BCUT2D eigenvalue weighted by molar-refractivity contribution is -0.117. The number of benzene rings is 1. The Morgan fingerprint density at radius 1 is 1.25 bits per heavy atom. The summed E-state index contributed by atoms with van der Waals surface area (Å²) in [4.78, 5) is 25.1. The highest BCUT2D eigenvalue weighted by Gasteiger charge is 2.16. The first-order chi connectivity index (χ1) is 13.7. The van der Waals surface area contributed by atoms with Crippen molar-refractivity contribution in [2.45, 2.75) is 11.7 Å². The number of urea groups is 1. The standard InChI is InChI=1S/C16H14N6O4S2/c23-14(8-28-16-19-20-21-22(16)7-11-2-1-5-27-11)18-15(24)17-10-3-4-12-13(6-10)26-9-25-12/h1-6H,7-9H2,(H2,17,18,23,24). The van der Waals surface area contributed by atoms with Gasteiger partial charge in [-0.1, -0.05) is 17.8 Å². The number of carbonyl (C=O) groups excluding carboxylic acids is 2. The maximum atomic E-state index is 12.0. The molecular weight excluding hydrogens is 404 g/mol. The van der Waals surface area contributed by atoms with Gasteiger partial charge in [0.15, 0.2) is 11.5 Å². The van der Waals surface area contributed by atoms with Crippen molar-refractivity contribution in [2.24, 2.45) is 0 Å². The van der Waals surface area contributed by atoms with E-state index in [4.69, 9.17) is 9.47 Å². The fraction of sp³-hybridized carbons (Fsp3) is 0.188. The first-order valence-corrected chi connectivity index (χ1v) is 9.96. The molecule has 0 saturated carbocycles. The zero-order chi connectivity index (χ0) is 19.3. The highest BCUT2D eigenvalue weighted by atomic mass is 32.2. The number of carbonyl (C=O) groups is 2. The van der Waals surface area contributed by atoms with E-state index in [2.05, 4.69) is 26.2 Å². The summed E-state index contributed by atoms with van der Waals surface area (Å²) < 4.78 is 12.1. The molecule has 0 saturated heterocycles. The number of nitrogens with zero attached hydrogens (tertiary/aromatic N) is 4. The summed E-state index contributed by atoms with van der Waals surface area (Å²) >= 11 is 2.75. The average molecular weight is 418 g/mol. The van der Waals surface area contributed by atoms with Crippen LogP contribution in [0.5, 0.6) is 11.5 Å². The molecule has 28 heavy (non-hydrogen) atoms. The molecule has 144 valence electrons. The third-order valence-corrected chi connectivity index (χ3v) is 5.42. The number of hydrogen-bond acceptors (Lipinski definition) is 9. The van der Waals surface area contributed by atoms with E-state index in [1.165, 1.54) is 0 Å². The van der Waals surface area contributed by atoms with Gasteiger partial charge in [-0.2, -0.15) is 0 Å². The minimum atomic E-state index is -0.636. The number of hydrogen-bond donors (Lipinski definition) is 2. The van der Waals surface area contributed by atoms with Gasteiger partial charge in [0, 0.05) is 16.6 Å². The molecule has 4 rings (SSSR count). The Kier molecular flexibility index (Phi) is 5.39. The maximum Gasteiger partial charge on any atom is 0.325 e. The second-order valence-electron chi connectivity index (χ2n) is 5.56. The minimum Gasteiger partial charge on any atom is -0.454 e. The van der Waals surface area contributed by atoms with Gasteiger partial charge in [-0.15, -0.1) is 16.4 Å². The molecule has 3 amide bonds. The van der Waals surface area contributed by atoms with Crippen LogP contribution in [0.4, 0.5) is 10.5 Å². The Labute approximate surface area is 167 Å². The molecule has 0 spiro atoms. The van der Waals surface area contributed by atoms with Crippen LogP contribution in [0.3, 0.4) is 0 Å². The van der Waals surface area contributed by atoms with E-state index in [9.17, 15) is 9.59 Å². The van der Waals surface area contributed by atoms with Crippen LogP contribution in [0, 0.1) is 0 Å². The highest BCUT2D eigenvalue weighted by molar-refractivity contribution is 7.99. The molecule has 10 nitrogen and oxygen atoms in total. The minimum absolute atomic E-state index is 0.000622. The number of thiophene rings is 1. The van der Waals surface area contributed by atoms with Crippen LogP contribution in [-0.4, -0.2) is 44.7 Å². The number of amides is 3. The summed E-state index contributed by atoms with van der Waals surface area (Å²) in [5, 5.41) is 18.8. The summed E-state index contributed by atoms with van der Waals surface area (Å²) in [6, 6.07) is 8.26. The number of anilines is 1. The van der Waals surface area contributed by atoms with E-state index in [-0.39, 0.29) is 12.5 Å². The fourth-order valence-corrected chi connectivity index (χ4v) is 3.74. The number of ether oxygens (including phenoxy) is 2. The molecule has 12 heteroatoms. The van der Waals surface area contributed by atoms with E-state index in [0.29, 0.717) is 28.9 Å². The summed E-state index contributed by atoms with van der Waals surface area (Å²) in [7, 11) is 0. The zero-order valence-electron chi connectivity index (χ0n) is 14.3. The van der Waals surface area contributed by atoms with Crippen molar-refractivity contribution in [3.05, 3.63) is 40.6 Å². The van der Waals surface area contributed by atoms with Gasteiger partial charge in [-0.05, 0) is 34.0 Å². The Morgan fingerprint density at radius 3 is 3.00 bits per heavy atom. The van der Waals surface area contributed by atoms with Gasteiger partial charge >= 0.3 is 6.03 Å². The summed E-state index contributed by atoms with van der Waals surface area (Å²) in [5.41, 5.74) is 0.488. The largest absolute Gasteiger partial charge is 0.454 e. The van der Waals surface area contributed by atoms with E-state index >= 15 is 0 Å². The predicted molar refractivity (Wildman–Crippen MR) is 102 cm³/mol. The number of thioether (sulfide) groups is 1. The number of aromatic nitrogens is 4. The maximum absolute atomic E-state index is 12.0. The van der Waals surface area contributed by atoms with E-state index in [0.717, 1.165) is 16.6 Å². The number of tetrazole rings is 1. The first kappa shape index (κ1) is 18.3. The van der Waals surface area contributed by atoms with Crippen molar-refractivity contribution < 1.29 is 19.1 Å². The fourth-order valence-electron chi connectivity index (χ4n) is 2.38. The molecule has 1 aromatic carbocycles. The lowest BCUT2D eigenvalue weighted by Gasteiger charge is -2.07. The third-order valence-electron chi connectivity index (χ3n) is 3.60. The molecule has 0 aliphatic carbocycles. The summed E-state index contributed by atoms with van der Waals surface area (Å²) in [6.07, 6.45) is 0. The molecule has 0 atom stereocenters. The summed E-state index contributed by atoms with van der Waals surface area (Å²) in [6.45, 7) is 0.672. The third kappa shape index (κ3) is 4.40. The molecule has 0 bridgehead atoms. The van der Waals surface area contributed by atoms with E-state index in [1.54, 1.807) is 34.2 Å². The number of fused-ring (bicyclic) bond motifs is 1. The average Bonchev–Trinajstić information content (AvgIpc) is 3.42. The molecule has 0 unspecified atom stereocenters. The topological polar surface area (TPSA) is 120 Å². The molecular formula is C16H14N6O4S2. The lowest BCUT2D eigenvalue weighted by Crippen LogP contribution is -2.35. The van der Waals surface area contributed by atoms with Gasteiger partial charge in [0.2, 0.25) is 17.9 Å². The van der Waals surface area contributed by atoms with Crippen molar-refractivity contribution in [1.82, 2.24) is 25.5 Å². The second kappa shape index (κ2) is 8.27. The molecule has 2 aromatic heterocycles. The smallest absolute Gasteiger partial charge is 0.325 e. The predicted octanol–water partition coefficient (Wildman–Crippen LogP) is 1.95. The number of imide groups is 1. The van der Waals surface area contributed by atoms with Crippen LogP contribution in [-0.2, 0) is 11.3 Å². The van der Waals surface area contributed by atoms with Gasteiger partial charge in [0.05, 0.1) is 12.3 Å². The van der Waals surface area contributed by atoms with Gasteiger partial charge in [0.25, 0.3) is 0 Å². The molecule has 1 aliphatic heterocycles. The number of rotatable bonds is 6. The molecule has 3 heterocycles.